The molecule has 1 aromatic heterocycles. The van der Waals surface area contributed by atoms with E-state index in [-0.39, 0.29) is 5.63 Å². The first kappa shape index (κ1) is 9.39. The highest BCUT2D eigenvalue weighted by Gasteiger charge is 2.21. The summed E-state index contributed by atoms with van der Waals surface area (Å²) in [6.45, 7) is 0.842. The zero-order chi connectivity index (χ0) is 11.0. The van der Waals surface area contributed by atoms with Crippen LogP contribution in [0.5, 0.6) is 0 Å². The first-order valence-corrected chi connectivity index (χ1v) is 5.47. The molecule has 0 spiro atoms. The van der Waals surface area contributed by atoms with Crippen LogP contribution in [-0.4, -0.2) is 11.5 Å². The summed E-state index contributed by atoms with van der Waals surface area (Å²) in [7, 11) is 0. The Bertz CT molecular complexity index is 572. The molecule has 4 heteroatoms. The number of hydrogen-bond donors (Lipinski definition) is 1. The lowest BCUT2D eigenvalue weighted by Crippen LogP contribution is -2.09. The number of aromatic nitrogens is 1. The molecule has 16 heavy (non-hydrogen) atoms. The van der Waals surface area contributed by atoms with Gasteiger partial charge in [-0.15, -0.1) is 0 Å². The van der Waals surface area contributed by atoms with Gasteiger partial charge in [0.2, 0.25) is 0 Å². The van der Waals surface area contributed by atoms with Crippen LogP contribution < -0.4 is 10.9 Å². The Balaban J connectivity index is 1.96. The van der Waals surface area contributed by atoms with Crippen LogP contribution in [0.25, 0.3) is 10.9 Å². The number of fused-ring (bicyclic) bond motifs is 1. The third-order valence-electron chi connectivity index (χ3n) is 2.77. The molecule has 3 rings (SSSR count). The minimum atomic E-state index is -0.330. The van der Waals surface area contributed by atoms with Crippen LogP contribution in [0.4, 0.5) is 6.01 Å². The predicted octanol–water partition coefficient (Wildman–Crippen LogP) is 2.01. The lowest BCUT2D eigenvalue weighted by Gasteiger charge is -2.03. The molecule has 1 saturated carbocycles. The Morgan fingerprint density at radius 2 is 2.19 bits per heavy atom. The van der Waals surface area contributed by atoms with Crippen molar-refractivity contribution in [1.29, 1.82) is 0 Å². The van der Waals surface area contributed by atoms with Crippen molar-refractivity contribution >= 4 is 16.9 Å². The first-order valence-electron chi connectivity index (χ1n) is 5.47. The summed E-state index contributed by atoms with van der Waals surface area (Å²) in [6, 6.07) is 7.53. The molecule has 0 aliphatic heterocycles. The standard InChI is InChI=1S/C12H12N2O2/c15-11-9-3-1-2-4-10(9)14-12(16-11)13-7-8-5-6-8/h1-4,8H,5-7H2,(H,13,14). The van der Waals surface area contributed by atoms with E-state index < -0.39 is 0 Å². The quantitative estimate of drug-likeness (QED) is 0.852. The monoisotopic (exact) mass is 216 g/mol. The van der Waals surface area contributed by atoms with Crippen LogP contribution in [0.15, 0.2) is 33.5 Å². The topological polar surface area (TPSA) is 55.1 Å². The molecule has 1 N–H and O–H groups in total. The predicted molar refractivity (Wildman–Crippen MR) is 61.5 cm³/mol. The molecule has 1 aliphatic carbocycles. The van der Waals surface area contributed by atoms with Crippen molar-refractivity contribution in [1.82, 2.24) is 4.98 Å². The van der Waals surface area contributed by atoms with E-state index >= 15 is 0 Å². The van der Waals surface area contributed by atoms with Gasteiger partial charge in [-0.25, -0.2) is 4.79 Å². The minimum Gasteiger partial charge on any atom is -0.389 e. The Hall–Kier alpha value is -1.84. The molecule has 1 heterocycles. The van der Waals surface area contributed by atoms with Crippen molar-refractivity contribution in [3.05, 3.63) is 34.7 Å². The molecule has 82 valence electrons. The highest BCUT2D eigenvalue weighted by molar-refractivity contribution is 5.77. The van der Waals surface area contributed by atoms with Crippen molar-refractivity contribution in [3.8, 4) is 0 Å². The van der Waals surface area contributed by atoms with Crippen LogP contribution in [0, 0.1) is 5.92 Å². The maximum atomic E-state index is 11.6. The van der Waals surface area contributed by atoms with Crippen LogP contribution in [0.3, 0.4) is 0 Å². The molecule has 4 nitrogen and oxygen atoms in total. The van der Waals surface area contributed by atoms with E-state index in [9.17, 15) is 4.79 Å². The van der Waals surface area contributed by atoms with E-state index in [1.807, 2.05) is 12.1 Å². The van der Waals surface area contributed by atoms with Crippen LogP contribution in [0.2, 0.25) is 0 Å². The van der Waals surface area contributed by atoms with Gasteiger partial charge in [0.1, 0.15) is 0 Å². The molecule has 1 aliphatic rings. The second kappa shape index (κ2) is 3.63. The van der Waals surface area contributed by atoms with Gasteiger partial charge < -0.3 is 9.73 Å². The molecule has 2 aromatic rings. The second-order valence-electron chi connectivity index (χ2n) is 4.15. The van der Waals surface area contributed by atoms with Gasteiger partial charge in [0.25, 0.3) is 6.01 Å². The molecule has 0 saturated heterocycles. The van der Waals surface area contributed by atoms with E-state index in [0.717, 1.165) is 12.5 Å². The summed E-state index contributed by atoms with van der Waals surface area (Å²) in [5.41, 5.74) is 0.348. The Kier molecular flexibility index (Phi) is 2.13. The van der Waals surface area contributed by atoms with Gasteiger partial charge >= 0.3 is 5.63 Å². The molecule has 0 unspecified atom stereocenters. The third kappa shape index (κ3) is 1.78. The SMILES string of the molecule is O=c1oc(NCC2CC2)nc2ccccc12. The average Bonchev–Trinajstić information content (AvgIpc) is 3.10. The third-order valence-corrected chi connectivity index (χ3v) is 2.77. The van der Waals surface area contributed by atoms with Gasteiger partial charge in [0.15, 0.2) is 0 Å². The zero-order valence-electron chi connectivity index (χ0n) is 8.77. The highest BCUT2D eigenvalue weighted by atomic mass is 16.4. The summed E-state index contributed by atoms with van der Waals surface area (Å²) in [5, 5.41) is 3.59. The molecule has 1 fully saturated rings. The highest BCUT2D eigenvalue weighted by Crippen LogP contribution is 2.28. The van der Waals surface area contributed by atoms with Crippen molar-refractivity contribution in [2.45, 2.75) is 12.8 Å². The van der Waals surface area contributed by atoms with E-state index in [0.29, 0.717) is 16.9 Å². The molecular weight excluding hydrogens is 204 g/mol. The van der Waals surface area contributed by atoms with Crippen LogP contribution in [0.1, 0.15) is 12.8 Å². The Labute approximate surface area is 92.3 Å². The summed E-state index contributed by atoms with van der Waals surface area (Å²) < 4.78 is 5.09. The number of nitrogens with one attached hydrogen (secondary N) is 1. The molecule has 0 amide bonds. The second-order valence-corrected chi connectivity index (χ2v) is 4.15. The fraction of sp³-hybridized carbons (Fsp3) is 0.333. The number of benzene rings is 1. The van der Waals surface area contributed by atoms with E-state index in [4.69, 9.17) is 4.42 Å². The van der Waals surface area contributed by atoms with Crippen LogP contribution >= 0.6 is 0 Å². The molecule has 1 aromatic carbocycles. The van der Waals surface area contributed by atoms with Gasteiger partial charge in [-0.05, 0) is 30.9 Å². The van der Waals surface area contributed by atoms with Crippen molar-refractivity contribution < 1.29 is 4.42 Å². The lowest BCUT2D eigenvalue weighted by atomic mass is 10.2. The van der Waals surface area contributed by atoms with Gasteiger partial charge in [-0.2, -0.15) is 4.98 Å². The summed E-state index contributed by atoms with van der Waals surface area (Å²) in [5.74, 6) is 0.721. The largest absolute Gasteiger partial charge is 0.389 e. The number of nitrogens with zero attached hydrogens (tertiary/aromatic N) is 1. The van der Waals surface area contributed by atoms with E-state index in [1.165, 1.54) is 12.8 Å². The lowest BCUT2D eigenvalue weighted by molar-refractivity contribution is 0.515. The van der Waals surface area contributed by atoms with Crippen molar-refractivity contribution in [2.75, 3.05) is 11.9 Å². The minimum absolute atomic E-state index is 0.329. The molecule has 0 atom stereocenters. The number of rotatable bonds is 3. The summed E-state index contributed by atoms with van der Waals surface area (Å²) >= 11 is 0. The number of para-hydroxylation sites is 1. The Morgan fingerprint density at radius 3 is 3.00 bits per heavy atom. The average molecular weight is 216 g/mol. The fourth-order valence-corrected chi connectivity index (χ4v) is 1.65. The Morgan fingerprint density at radius 1 is 1.38 bits per heavy atom. The van der Waals surface area contributed by atoms with E-state index in [1.54, 1.807) is 12.1 Å². The number of hydrogen-bond acceptors (Lipinski definition) is 4. The van der Waals surface area contributed by atoms with Gasteiger partial charge in [0.05, 0.1) is 10.9 Å². The van der Waals surface area contributed by atoms with Crippen LogP contribution in [-0.2, 0) is 0 Å². The smallest absolute Gasteiger partial charge is 0.348 e. The maximum Gasteiger partial charge on any atom is 0.348 e. The van der Waals surface area contributed by atoms with Gasteiger partial charge in [-0.1, -0.05) is 12.1 Å². The van der Waals surface area contributed by atoms with Gasteiger partial charge in [0, 0.05) is 6.54 Å². The number of anilines is 1. The zero-order valence-corrected chi connectivity index (χ0v) is 8.77. The van der Waals surface area contributed by atoms with E-state index in [2.05, 4.69) is 10.3 Å². The maximum absolute atomic E-state index is 11.6. The van der Waals surface area contributed by atoms with Crippen molar-refractivity contribution in [3.63, 3.8) is 0 Å². The van der Waals surface area contributed by atoms with Gasteiger partial charge in [-0.3, -0.25) is 0 Å². The molecular formula is C12H12N2O2. The summed E-state index contributed by atoms with van der Waals surface area (Å²) in [4.78, 5) is 15.9. The molecule has 0 bridgehead atoms. The summed E-state index contributed by atoms with van der Waals surface area (Å²) in [6.07, 6.45) is 2.51. The molecule has 0 radical (unpaired) electrons. The first-order chi connectivity index (χ1) is 7.83. The normalized spacial score (nSPS) is 15.2. The fourth-order valence-electron chi connectivity index (χ4n) is 1.65. The van der Waals surface area contributed by atoms with Crippen molar-refractivity contribution in [2.24, 2.45) is 5.92 Å².